The molecule has 0 saturated carbocycles. The van der Waals surface area contributed by atoms with Gasteiger partial charge in [-0.2, -0.15) is 0 Å². The van der Waals surface area contributed by atoms with Crippen LogP contribution in [0.4, 0.5) is 0 Å². The monoisotopic (exact) mass is 349 g/mol. The zero-order valence-corrected chi connectivity index (χ0v) is 12.6. The molecule has 0 fully saturated rings. The second-order valence-electron chi connectivity index (χ2n) is 4.48. The standard InChI is InChI=1S/C15H9BrClNO2/c16-10-5-6-11-12(7-10)15(20)18(14(11)19)8-9-3-1-2-4-13(9)17/h1-7H,8H2. The van der Waals surface area contributed by atoms with Crippen LogP contribution in [0.5, 0.6) is 0 Å². The molecule has 0 aromatic heterocycles. The molecule has 0 atom stereocenters. The van der Waals surface area contributed by atoms with Crippen LogP contribution in [0.25, 0.3) is 0 Å². The molecule has 0 aliphatic carbocycles. The van der Waals surface area contributed by atoms with Gasteiger partial charge in [0.2, 0.25) is 0 Å². The van der Waals surface area contributed by atoms with Crippen LogP contribution >= 0.6 is 27.5 Å². The second kappa shape index (κ2) is 5.04. The van der Waals surface area contributed by atoms with Gasteiger partial charge in [0, 0.05) is 9.50 Å². The van der Waals surface area contributed by atoms with Crippen LogP contribution in [0.3, 0.4) is 0 Å². The van der Waals surface area contributed by atoms with Crippen molar-refractivity contribution in [1.82, 2.24) is 4.90 Å². The Morgan fingerprint density at radius 2 is 1.70 bits per heavy atom. The lowest BCUT2D eigenvalue weighted by molar-refractivity contribution is 0.0642. The normalized spacial score (nSPS) is 13.8. The molecule has 100 valence electrons. The minimum absolute atomic E-state index is 0.184. The second-order valence-corrected chi connectivity index (χ2v) is 5.80. The summed E-state index contributed by atoms with van der Waals surface area (Å²) in [6.45, 7) is 0.184. The van der Waals surface area contributed by atoms with E-state index in [1.807, 2.05) is 18.2 Å². The first kappa shape index (κ1) is 13.3. The number of nitrogens with zero attached hydrogens (tertiary/aromatic N) is 1. The van der Waals surface area contributed by atoms with Crippen LogP contribution in [-0.4, -0.2) is 16.7 Å². The highest BCUT2D eigenvalue weighted by molar-refractivity contribution is 9.10. The largest absolute Gasteiger partial charge is 0.270 e. The Hall–Kier alpha value is -1.65. The predicted molar refractivity (Wildman–Crippen MR) is 79.8 cm³/mol. The van der Waals surface area contributed by atoms with Crippen LogP contribution < -0.4 is 0 Å². The zero-order valence-electron chi connectivity index (χ0n) is 10.3. The third-order valence-electron chi connectivity index (χ3n) is 3.22. The molecule has 0 spiro atoms. The van der Waals surface area contributed by atoms with Crippen molar-refractivity contribution < 1.29 is 9.59 Å². The van der Waals surface area contributed by atoms with E-state index in [2.05, 4.69) is 15.9 Å². The number of imide groups is 1. The highest BCUT2D eigenvalue weighted by atomic mass is 79.9. The third kappa shape index (κ3) is 2.15. The Balaban J connectivity index is 1.96. The lowest BCUT2D eigenvalue weighted by Gasteiger charge is -2.14. The van der Waals surface area contributed by atoms with Gasteiger partial charge < -0.3 is 0 Å². The number of fused-ring (bicyclic) bond motifs is 1. The van der Waals surface area contributed by atoms with Crippen molar-refractivity contribution in [2.24, 2.45) is 0 Å². The van der Waals surface area contributed by atoms with E-state index in [0.717, 1.165) is 10.0 Å². The summed E-state index contributed by atoms with van der Waals surface area (Å²) in [5.41, 5.74) is 1.62. The van der Waals surface area contributed by atoms with E-state index in [-0.39, 0.29) is 18.4 Å². The lowest BCUT2D eigenvalue weighted by Crippen LogP contribution is -2.29. The number of hydrogen-bond acceptors (Lipinski definition) is 2. The molecule has 0 N–H and O–H groups in total. The number of halogens is 2. The SMILES string of the molecule is O=C1c2ccc(Br)cc2C(=O)N1Cc1ccccc1Cl. The first-order valence-electron chi connectivity index (χ1n) is 5.97. The molecule has 2 aromatic carbocycles. The minimum atomic E-state index is -0.286. The molecule has 3 rings (SSSR count). The fraction of sp³-hybridized carbons (Fsp3) is 0.0667. The molecule has 2 amide bonds. The van der Waals surface area contributed by atoms with Crippen molar-refractivity contribution in [3.05, 3.63) is 68.7 Å². The molecular weight excluding hydrogens is 342 g/mol. The first-order valence-corrected chi connectivity index (χ1v) is 7.14. The van der Waals surface area contributed by atoms with Crippen LogP contribution in [0.2, 0.25) is 5.02 Å². The maximum absolute atomic E-state index is 12.3. The van der Waals surface area contributed by atoms with Crippen LogP contribution in [0, 0.1) is 0 Å². The summed E-state index contributed by atoms with van der Waals surface area (Å²) in [6, 6.07) is 12.3. The average Bonchev–Trinajstić information content (AvgIpc) is 2.66. The molecule has 1 aliphatic rings. The Labute approximate surface area is 129 Å². The quantitative estimate of drug-likeness (QED) is 0.770. The van der Waals surface area contributed by atoms with Crippen molar-refractivity contribution >= 4 is 39.3 Å². The van der Waals surface area contributed by atoms with E-state index >= 15 is 0 Å². The number of carbonyl (C=O) groups is 2. The van der Waals surface area contributed by atoms with Crippen molar-refractivity contribution in [2.75, 3.05) is 0 Å². The summed E-state index contributed by atoms with van der Waals surface area (Å²) >= 11 is 9.39. The Bertz CT molecular complexity index is 730. The molecule has 0 radical (unpaired) electrons. The molecule has 0 bridgehead atoms. The number of amides is 2. The van der Waals surface area contributed by atoms with Gasteiger partial charge >= 0.3 is 0 Å². The maximum atomic E-state index is 12.3. The van der Waals surface area contributed by atoms with Crippen molar-refractivity contribution in [2.45, 2.75) is 6.54 Å². The molecule has 1 aliphatic heterocycles. The Morgan fingerprint density at radius 3 is 2.45 bits per heavy atom. The molecule has 3 nitrogen and oxygen atoms in total. The maximum Gasteiger partial charge on any atom is 0.261 e. The molecule has 5 heteroatoms. The third-order valence-corrected chi connectivity index (χ3v) is 4.08. The van der Waals surface area contributed by atoms with E-state index < -0.39 is 0 Å². The first-order chi connectivity index (χ1) is 9.58. The van der Waals surface area contributed by atoms with Gasteiger partial charge in [-0.3, -0.25) is 14.5 Å². The van der Waals surface area contributed by atoms with E-state index in [1.165, 1.54) is 4.90 Å². The van der Waals surface area contributed by atoms with Gasteiger partial charge in [0.1, 0.15) is 0 Å². The Kier molecular flexibility index (Phi) is 3.36. The summed E-state index contributed by atoms with van der Waals surface area (Å²) in [7, 11) is 0. The molecule has 20 heavy (non-hydrogen) atoms. The van der Waals surface area contributed by atoms with Gasteiger partial charge in [0.15, 0.2) is 0 Å². The van der Waals surface area contributed by atoms with E-state index in [1.54, 1.807) is 24.3 Å². The zero-order chi connectivity index (χ0) is 14.3. The Morgan fingerprint density at radius 1 is 1.00 bits per heavy atom. The van der Waals surface area contributed by atoms with E-state index in [9.17, 15) is 9.59 Å². The fourth-order valence-corrected chi connectivity index (χ4v) is 2.76. The number of hydrogen-bond donors (Lipinski definition) is 0. The van der Waals surface area contributed by atoms with E-state index in [0.29, 0.717) is 16.1 Å². The summed E-state index contributed by atoms with van der Waals surface area (Å²) < 4.78 is 0.775. The number of rotatable bonds is 2. The lowest BCUT2D eigenvalue weighted by atomic mass is 10.1. The van der Waals surface area contributed by atoms with E-state index in [4.69, 9.17) is 11.6 Å². The fourth-order valence-electron chi connectivity index (χ4n) is 2.20. The molecule has 1 heterocycles. The molecule has 0 unspecified atom stereocenters. The van der Waals surface area contributed by atoms with Crippen LogP contribution in [0.15, 0.2) is 46.9 Å². The summed E-state index contributed by atoms with van der Waals surface area (Å²) in [5, 5.41) is 0.547. The smallest absolute Gasteiger partial charge is 0.261 e. The van der Waals surface area contributed by atoms with Crippen molar-refractivity contribution in [3.63, 3.8) is 0 Å². The molecular formula is C15H9BrClNO2. The summed E-state index contributed by atoms with van der Waals surface area (Å²) in [5.74, 6) is -0.566. The van der Waals surface area contributed by atoms with Gasteiger partial charge in [-0.05, 0) is 29.8 Å². The highest BCUT2D eigenvalue weighted by Gasteiger charge is 2.35. The minimum Gasteiger partial charge on any atom is -0.270 e. The average molecular weight is 351 g/mol. The number of benzene rings is 2. The predicted octanol–water partition coefficient (Wildman–Crippen LogP) is 3.90. The molecule has 2 aromatic rings. The van der Waals surface area contributed by atoms with Crippen molar-refractivity contribution in [1.29, 1.82) is 0 Å². The van der Waals surface area contributed by atoms with Gasteiger partial charge in [-0.1, -0.05) is 45.7 Å². The summed E-state index contributed by atoms with van der Waals surface area (Å²) in [4.78, 5) is 25.8. The van der Waals surface area contributed by atoms with Crippen LogP contribution in [0.1, 0.15) is 26.3 Å². The van der Waals surface area contributed by atoms with Gasteiger partial charge in [-0.15, -0.1) is 0 Å². The summed E-state index contributed by atoms with van der Waals surface area (Å²) in [6.07, 6.45) is 0. The molecule has 0 saturated heterocycles. The topological polar surface area (TPSA) is 37.4 Å². The van der Waals surface area contributed by atoms with Gasteiger partial charge in [-0.25, -0.2) is 0 Å². The van der Waals surface area contributed by atoms with Gasteiger partial charge in [0.25, 0.3) is 11.8 Å². The van der Waals surface area contributed by atoms with Crippen LogP contribution in [-0.2, 0) is 6.54 Å². The highest BCUT2D eigenvalue weighted by Crippen LogP contribution is 2.28. The number of carbonyl (C=O) groups excluding carboxylic acids is 2. The van der Waals surface area contributed by atoms with Gasteiger partial charge in [0.05, 0.1) is 17.7 Å². The van der Waals surface area contributed by atoms with Crippen molar-refractivity contribution in [3.8, 4) is 0 Å².